The minimum Gasteiger partial charge on any atom is -0.452 e. The Bertz CT molecular complexity index is 690. The van der Waals surface area contributed by atoms with Crippen molar-refractivity contribution in [3.8, 4) is 0 Å². The standard InChI is InChI=1S/C20H28ClN3O4/c1-13(19(26)23-14-8-4-2-3-5-9-14)28-18(25)12-17(24-20(22)27)15-10-6-7-11-16(15)21/h6-7,10-11,13-14,17H,2-5,8-9,12H2,1H3,(H,23,26)(H3,22,24,27)/t13-,17+/m0/s1. The van der Waals surface area contributed by atoms with Gasteiger partial charge in [-0.05, 0) is 31.4 Å². The second kappa shape index (κ2) is 10.9. The van der Waals surface area contributed by atoms with E-state index in [0.29, 0.717) is 10.6 Å². The Labute approximate surface area is 170 Å². The molecule has 1 aromatic rings. The van der Waals surface area contributed by atoms with Crippen LogP contribution in [0, 0.1) is 0 Å². The van der Waals surface area contributed by atoms with Crippen LogP contribution in [0.25, 0.3) is 0 Å². The van der Waals surface area contributed by atoms with E-state index in [1.54, 1.807) is 24.3 Å². The van der Waals surface area contributed by atoms with Crippen molar-refractivity contribution in [2.24, 2.45) is 5.73 Å². The Balaban J connectivity index is 1.92. The summed E-state index contributed by atoms with van der Waals surface area (Å²) >= 11 is 6.16. The first-order valence-electron chi connectivity index (χ1n) is 9.67. The Morgan fingerprint density at radius 2 is 1.82 bits per heavy atom. The van der Waals surface area contributed by atoms with Crippen molar-refractivity contribution in [3.63, 3.8) is 0 Å². The molecule has 2 atom stereocenters. The van der Waals surface area contributed by atoms with Crippen LogP contribution in [-0.4, -0.2) is 30.1 Å². The minimum absolute atomic E-state index is 0.128. The lowest BCUT2D eigenvalue weighted by Gasteiger charge is -2.22. The third kappa shape index (κ3) is 7.03. The molecule has 1 aliphatic rings. The van der Waals surface area contributed by atoms with Crippen LogP contribution in [0.15, 0.2) is 24.3 Å². The molecule has 7 nitrogen and oxygen atoms in total. The number of ether oxygens (including phenoxy) is 1. The molecule has 0 radical (unpaired) electrons. The largest absolute Gasteiger partial charge is 0.452 e. The fraction of sp³-hybridized carbons (Fsp3) is 0.550. The van der Waals surface area contributed by atoms with Crippen LogP contribution >= 0.6 is 11.6 Å². The average molecular weight is 410 g/mol. The van der Waals surface area contributed by atoms with E-state index in [1.807, 2.05) is 0 Å². The summed E-state index contributed by atoms with van der Waals surface area (Å²) in [5.74, 6) is -0.931. The van der Waals surface area contributed by atoms with Gasteiger partial charge in [-0.25, -0.2) is 4.79 Å². The lowest BCUT2D eigenvalue weighted by atomic mass is 10.0. The maximum absolute atomic E-state index is 12.3. The Morgan fingerprint density at radius 3 is 2.43 bits per heavy atom. The minimum atomic E-state index is -0.920. The zero-order valence-electron chi connectivity index (χ0n) is 16.1. The van der Waals surface area contributed by atoms with E-state index in [4.69, 9.17) is 22.1 Å². The molecule has 8 heteroatoms. The van der Waals surface area contributed by atoms with Crippen molar-refractivity contribution < 1.29 is 19.1 Å². The number of nitrogens with two attached hydrogens (primary N) is 1. The molecule has 0 aliphatic heterocycles. The van der Waals surface area contributed by atoms with E-state index in [2.05, 4.69) is 10.6 Å². The van der Waals surface area contributed by atoms with Crippen molar-refractivity contribution in [2.75, 3.05) is 0 Å². The van der Waals surface area contributed by atoms with Crippen molar-refractivity contribution in [3.05, 3.63) is 34.9 Å². The fourth-order valence-corrected chi connectivity index (χ4v) is 3.64. The highest BCUT2D eigenvalue weighted by Gasteiger charge is 2.25. The van der Waals surface area contributed by atoms with E-state index in [0.717, 1.165) is 25.7 Å². The van der Waals surface area contributed by atoms with Gasteiger partial charge in [-0.15, -0.1) is 0 Å². The van der Waals surface area contributed by atoms with Gasteiger partial charge in [0.2, 0.25) is 0 Å². The van der Waals surface area contributed by atoms with Gasteiger partial charge in [0.15, 0.2) is 6.10 Å². The highest BCUT2D eigenvalue weighted by atomic mass is 35.5. The molecule has 0 saturated heterocycles. The normalized spacial score (nSPS) is 17.1. The number of rotatable bonds is 7. The molecule has 2 rings (SSSR count). The molecule has 0 bridgehead atoms. The number of hydrogen-bond donors (Lipinski definition) is 3. The van der Waals surface area contributed by atoms with Crippen LogP contribution in [0.2, 0.25) is 5.02 Å². The predicted molar refractivity (Wildman–Crippen MR) is 107 cm³/mol. The molecule has 0 unspecified atom stereocenters. The molecule has 4 N–H and O–H groups in total. The van der Waals surface area contributed by atoms with Crippen LogP contribution in [0.3, 0.4) is 0 Å². The third-order valence-corrected chi connectivity index (χ3v) is 5.19. The summed E-state index contributed by atoms with van der Waals surface area (Å²) < 4.78 is 5.27. The molecule has 154 valence electrons. The quantitative estimate of drug-likeness (QED) is 0.474. The fourth-order valence-electron chi connectivity index (χ4n) is 3.38. The zero-order valence-corrected chi connectivity index (χ0v) is 16.8. The molecule has 3 amide bonds. The maximum atomic E-state index is 12.3. The monoisotopic (exact) mass is 409 g/mol. The lowest BCUT2D eigenvalue weighted by molar-refractivity contribution is -0.155. The van der Waals surface area contributed by atoms with E-state index in [9.17, 15) is 14.4 Å². The van der Waals surface area contributed by atoms with Gasteiger partial charge in [0.05, 0.1) is 12.5 Å². The number of amides is 3. The lowest BCUT2D eigenvalue weighted by Crippen LogP contribution is -2.42. The first-order valence-corrected chi connectivity index (χ1v) is 10.0. The Morgan fingerprint density at radius 1 is 1.18 bits per heavy atom. The van der Waals surface area contributed by atoms with Crippen molar-refractivity contribution in [1.29, 1.82) is 0 Å². The van der Waals surface area contributed by atoms with Gasteiger partial charge >= 0.3 is 12.0 Å². The number of esters is 1. The Hall–Kier alpha value is -2.28. The number of urea groups is 1. The van der Waals surface area contributed by atoms with Crippen molar-refractivity contribution >= 4 is 29.5 Å². The highest BCUT2D eigenvalue weighted by Crippen LogP contribution is 2.25. The summed E-state index contributed by atoms with van der Waals surface area (Å²) in [6, 6.07) is 5.44. The number of halogens is 1. The van der Waals surface area contributed by atoms with Gasteiger partial charge in [0.1, 0.15) is 0 Å². The van der Waals surface area contributed by atoms with Gasteiger partial charge in [-0.1, -0.05) is 55.5 Å². The second-order valence-electron chi connectivity index (χ2n) is 7.12. The molecular weight excluding hydrogens is 382 g/mol. The predicted octanol–water partition coefficient (Wildman–Crippen LogP) is 3.21. The summed E-state index contributed by atoms with van der Waals surface area (Å²) in [7, 11) is 0. The molecule has 1 fully saturated rings. The first-order chi connectivity index (χ1) is 13.4. The van der Waals surface area contributed by atoms with Crippen LogP contribution in [0.1, 0.15) is 63.5 Å². The second-order valence-corrected chi connectivity index (χ2v) is 7.52. The smallest absolute Gasteiger partial charge is 0.312 e. The van der Waals surface area contributed by atoms with E-state index < -0.39 is 24.1 Å². The maximum Gasteiger partial charge on any atom is 0.312 e. The van der Waals surface area contributed by atoms with Crippen molar-refractivity contribution in [1.82, 2.24) is 10.6 Å². The molecule has 1 aliphatic carbocycles. The Kier molecular flexibility index (Phi) is 8.57. The van der Waals surface area contributed by atoms with Gasteiger partial charge in [-0.3, -0.25) is 9.59 Å². The number of nitrogens with one attached hydrogen (secondary N) is 2. The highest BCUT2D eigenvalue weighted by molar-refractivity contribution is 6.31. The SMILES string of the molecule is C[C@H](OC(=O)C[C@@H](NC(N)=O)c1ccccc1Cl)C(=O)NC1CCCCCC1. The van der Waals surface area contributed by atoms with Gasteiger partial charge < -0.3 is 21.1 Å². The first kappa shape index (κ1) is 22.0. The van der Waals surface area contributed by atoms with E-state index in [-0.39, 0.29) is 18.4 Å². The summed E-state index contributed by atoms with van der Waals surface area (Å²) in [4.78, 5) is 36.0. The topological polar surface area (TPSA) is 111 Å². The van der Waals surface area contributed by atoms with E-state index in [1.165, 1.54) is 19.8 Å². The average Bonchev–Trinajstić information content (AvgIpc) is 2.89. The summed E-state index contributed by atoms with van der Waals surface area (Å²) in [5.41, 5.74) is 5.76. The van der Waals surface area contributed by atoms with Crippen LogP contribution < -0.4 is 16.4 Å². The summed E-state index contributed by atoms with van der Waals surface area (Å²) in [6.45, 7) is 1.54. The van der Waals surface area contributed by atoms with Crippen LogP contribution in [0.5, 0.6) is 0 Å². The molecular formula is C20H28ClN3O4. The number of hydrogen-bond acceptors (Lipinski definition) is 4. The number of carbonyl (C=O) groups excluding carboxylic acids is 3. The summed E-state index contributed by atoms with van der Waals surface area (Å²) in [6.07, 6.45) is 5.35. The zero-order chi connectivity index (χ0) is 20.5. The molecule has 0 spiro atoms. The molecule has 1 saturated carbocycles. The van der Waals surface area contributed by atoms with Gasteiger partial charge in [0.25, 0.3) is 5.91 Å². The molecule has 28 heavy (non-hydrogen) atoms. The van der Waals surface area contributed by atoms with Gasteiger partial charge in [-0.2, -0.15) is 0 Å². The van der Waals surface area contributed by atoms with Crippen LogP contribution in [-0.2, 0) is 14.3 Å². The number of carbonyl (C=O) groups is 3. The van der Waals surface area contributed by atoms with E-state index >= 15 is 0 Å². The van der Waals surface area contributed by atoms with Crippen LogP contribution in [0.4, 0.5) is 4.79 Å². The third-order valence-electron chi connectivity index (χ3n) is 4.85. The molecule has 0 aromatic heterocycles. The summed E-state index contributed by atoms with van der Waals surface area (Å²) in [5, 5.41) is 5.86. The molecule has 1 aromatic carbocycles. The van der Waals surface area contributed by atoms with Crippen molar-refractivity contribution in [2.45, 2.75) is 70.1 Å². The number of benzene rings is 1. The van der Waals surface area contributed by atoms with Gasteiger partial charge in [0, 0.05) is 11.1 Å². The molecule has 0 heterocycles. The number of primary amides is 1.